The van der Waals surface area contributed by atoms with Gasteiger partial charge in [0.15, 0.2) is 0 Å². The van der Waals surface area contributed by atoms with Gasteiger partial charge in [0.2, 0.25) is 10.0 Å². The van der Waals surface area contributed by atoms with Gasteiger partial charge in [-0.05, 0) is 31.4 Å². The average molecular weight is 219 g/mol. The monoisotopic (exact) mass is 219 g/mol. The van der Waals surface area contributed by atoms with Crippen molar-refractivity contribution in [1.29, 1.82) is 0 Å². The van der Waals surface area contributed by atoms with Gasteiger partial charge in [0.05, 0.1) is 5.25 Å². The van der Waals surface area contributed by atoms with E-state index < -0.39 is 10.0 Å². The highest BCUT2D eigenvalue weighted by molar-refractivity contribution is 7.93. The Morgan fingerprint density at radius 1 is 1.46 bits per heavy atom. The van der Waals surface area contributed by atoms with E-state index in [0.29, 0.717) is 0 Å². The minimum Gasteiger partial charge on any atom is -0.264 e. The topological polar surface area (TPSA) is 37.4 Å². The quantitative estimate of drug-likeness (QED) is 0.779. The van der Waals surface area contributed by atoms with Crippen LogP contribution >= 0.6 is 11.3 Å². The summed E-state index contributed by atoms with van der Waals surface area (Å²) >= 11 is 1.42. The van der Waals surface area contributed by atoms with Crippen molar-refractivity contribution in [2.75, 3.05) is 11.4 Å². The van der Waals surface area contributed by atoms with Crippen LogP contribution in [0.5, 0.6) is 0 Å². The molecule has 74 valence electrons. The van der Waals surface area contributed by atoms with Gasteiger partial charge in [0.1, 0.15) is 5.00 Å². The van der Waals surface area contributed by atoms with E-state index in [0.717, 1.165) is 5.00 Å². The normalized spacial score (nSPS) is 12.0. The molecule has 1 rings (SSSR count). The summed E-state index contributed by atoms with van der Waals surface area (Å²) in [7, 11) is -1.57. The molecule has 0 aliphatic heterocycles. The van der Waals surface area contributed by atoms with Crippen molar-refractivity contribution >= 4 is 26.4 Å². The third-order valence-electron chi connectivity index (χ3n) is 1.79. The molecule has 0 aromatic carbocycles. The summed E-state index contributed by atoms with van der Waals surface area (Å²) in [6, 6.07) is 3.64. The van der Waals surface area contributed by atoms with Gasteiger partial charge in [0.25, 0.3) is 0 Å². The summed E-state index contributed by atoms with van der Waals surface area (Å²) in [5.41, 5.74) is 0. The molecule has 5 heteroatoms. The van der Waals surface area contributed by atoms with Crippen molar-refractivity contribution in [2.24, 2.45) is 0 Å². The molecule has 13 heavy (non-hydrogen) atoms. The molecule has 0 N–H and O–H groups in total. The number of sulfonamides is 1. The van der Waals surface area contributed by atoms with Gasteiger partial charge in [0, 0.05) is 7.05 Å². The fraction of sp³-hybridized carbons (Fsp3) is 0.500. The van der Waals surface area contributed by atoms with Crippen LogP contribution < -0.4 is 4.31 Å². The van der Waals surface area contributed by atoms with Crippen molar-refractivity contribution in [3.8, 4) is 0 Å². The van der Waals surface area contributed by atoms with Crippen LogP contribution in [0.1, 0.15) is 13.8 Å². The molecule has 0 saturated carbocycles. The third-order valence-corrected chi connectivity index (χ3v) is 5.01. The fourth-order valence-corrected chi connectivity index (χ4v) is 2.88. The van der Waals surface area contributed by atoms with E-state index in [1.54, 1.807) is 27.0 Å². The van der Waals surface area contributed by atoms with Crippen LogP contribution in [0.2, 0.25) is 0 Å². The summed E-state index contributed by atoms with van der Waals surface area (Å²) in [5, 5.41) is 2.25. The Labute approximate surface area is 83.1 Å². The summed E-state index contributed by atoms with van der Waals surface area (Å²) in [4.78, 5) is 0. The average Bonchev–Trinajstić information content (AvgIpc) is 2.54. The smallest absolute Gasteiger partial charge is 0.237 e. The lowest BCUT2D eigenvalue weighted by Crippen LogP contribution is -2.32. The zero-order valence-corrected chi connectivity index (χ0v) is 9.52. The lowest BCUT2D eigenvalue weighted by atomic mass is 10.6. The first-order valence-electron chi connectivity index (χ1n) is 3.97. The lowest BCUT2D eigenvalue weighted by Gasteiger charge is -2.19. The molecule has 0 spiro atoms. The molecule has 0 atom stereocenters. The summed E-state index contributed by atoms with van der Waals surface area (Å²) in [5.74, 6) is 0. The summed E-state index contributed by atoms with van der Waals surface area (Å²) in [6.07, 6.45) is 0. The minimum absolute atomic E-state index is 0.375. The van der Waals surface area contributed by atoms with E-state index in [-0.39, 0.29) is 5.25 Å². The van der Waals surface area contributed by atoms with Gasteiger partial charge < -0.3 is 0 Å². The first kappa shape index (κ1) is 10.5. The molecule has 1 aromatic rings. The van der Waals surface area contributed by atoms with Crippen LogP contribution in [-0.4, -0.2) is 20.7 Å². The number of hydrogen-bond donors (Lipinski definition) is 0. The molecule has 1 aromatic heterocycles. The molecule has 0 aliphatic rings. The van der Waals surface area contributed by atoms with Crippen molar-refractivity contribution in [1.82, 2.24) is 0 Å². The highest BCUT2D eigenvalue weighted by Gasteiger charge is 2.22. The second-order valence-electron chi connectivity index (χ2n) is 3.01. The molecule has 3 nitrogen and oxygen atoms in total. The number of rotatable bonds is 3. The minimum atomic E-state index is -3.16. The van der Waals surface area contributed by atoms with Crippen LogP contribution in [-0.2, 0) is 10.0 Å². The van der Waals surface area contributed by atoms with E-state index in [1.807, 2.05) is 11.4 Å². The van der Waals surface area contributed by atoms with Gasteiger partial charge in [-0.3, -0.25) is 4.31 Å². The summed E-state index contributed by atoms with van der Waals surface area (Å²) in [6.45, 7) is 3.36. The molecular formula is C8H13NO2S2. The second-order valence-corrected chi connectivity index (χ2v) is 6.46. The molecule has 0 amide bonds. The van der Waals surface area contributed by atoms with Gasteiger partial charge in [-0.2, -0.15) is 0 Å². The maximum absolute atomic E-state index is 11.7. The maximum atomic E-state index is 11.7. The largest absolute Gasteiger partial charge is 0.264 e. The van der Waals surface area contributed by atoms with Crippen molar-refractivity contribution in [3.05, 3.63) is 17.5 Å². The van der Waals surface area contributed by atoms with Crippen LogP contribution in [0.15, 0.2) is 17.5 Å². The van der Waals surface area contributed by atoms with Crippen LogP contribution in [0.3, 0.4) is 0 Å². The van der Waals surface area contributed by atoms with Gasteiger partial charge in [-0.1, -0.05) is 0 Å². The molecule has 1 heterocycles. The molecule has 0 fully saturated rings. The Bertz CT molecular complexity index is 354. The molecule has 0 unspecified atom stereocenters. The Morgan fingerprint density at radius 2 is 2.08 bits per heavy atom. The molecule has 0 bridgehead atoms. The Hall–Kier alpha value is -0.550. The van der Waals surface area contributed by atoms with Crippen molar-refractivity contribution in [2.45, 2.75) is 19.1 Å². The zero-order chi connectivity index (χ0) is 10.1. The number of thiophene rings is 1. The van der Waals surface area contributed by atoms with Crippen molar-refractivity contribution < 1.29 is 8.42 Å². The van der Waals surface area contributed by atoms with Gasteiger partial charge in [-0.15, -0.1) is 11.3 Å². The van der Waals surface area contributed by atoms with Crippen LogP contribution in [0, 0.1) is 0 Å². The Kier molecular flexibility index (Phi) is 2.98. The predicted molar refractivity (Wildman–Crippen MR) is 56.8 cm³/mol. The Morgan fingerprint density at radius 3 is 2.46 bits per heavy atom. The fourth-order valence-electron chi connectivity index (χ4n) is 0.891. The number of anilines is 1. The summed E-state index contributed by atoms with van der Waals surface area (Å²) < 4.78 is 24.7. The zero-order valence-electron chi connectivity index (χ0n) is 7.89. The van der Waals surface area contributed by atoms with E-state index >= 15 is 0 Å². The first-order valence-corrected chi connectivity index (χ1v) is 6.36. The lowest BCUT2D eigenvalue weighted by molar-refractivity contribution is 0.586. The molecule has 0 radical (unpaired) electrons. The Balaban J connectivity index is 2.98. The van der Waals surface area contributed by atoms with Crippen LogP contribution in [0.25, 0.3) is 0 Å². The third kappa shape index (κ3) is 2.03. The molecule has 0 aliphatic carbocycles. The number of hydrogen-bond acceptors (Lipinski definition) is 3. The van der Waals surface area contributed by atoms with Crippen molar-refractivity contribution in [3.63, 3.8) is 0 Å². The number of nitrogens with zero attached hydrogens (tertiary/aromatic N) is 1. The predicted octanol–water partition coefficient (Wildman–Crippen LogP) is 1.92. The SMILES string of the molecule is CC(C)S(=O)(=O)N(C)c1cccs1. The highest BCUT2D eigenvalue weighted by Crippen LogP contribution is 2.23. The molecule has 0 saturated heterocycles. The second kappa shape index (κ2) is 3.67. The van der Waals surface area contributed by atoms with Gasteiger partial charge >= 0.3 is 0 Å². The van der Waals surface area contributed by atoms with Gasteiger partial charge in [-0.25, -0.2) is 8.42 Å². The van der Waals surface area contributed by atoms with E-state index in [2.05, 4.69) is 0 Å². The van der Waals surface area contributed by atoms with E-state index in [4.69, 9.17) is 0 Å². The first-order chi connectivity index (χ1) is 5.96. The maximum Gasteiger partial charge on any atom is 0.237 e. The highest BCUT2D eigenvalue weighted by atomic mass is 32.2. The van der Waals surface area contributed by atoms with E-state index in [9.17, 15) is 8.42 Å². The molecular weight excluding hydrogens is 206 g/mol. The standard InChI is InChI=1S/C8H13NO2S2/c1-7(2)13(10,11)9(3)8-5-4-6-12-8/h4-7H,1-3H3. The van der Waals surface area contributed by atoms with Crippen LogP contribution in [0.4, 0.5) is 5.00 Å². The van der Waals surface area contributed by atoms with E-state index in [1.165, 1.54) is 15.6 Å².